The summed E-state index contributed by atoms with van der Waals surface area (Å²) in [6.45, 7) is 6.79. The molecule has 2 heteroatoms. The molecule has 0 unspecified atom stereocenters. The second kappa shape index (κ2) is 10.9. The van der Waals surface area contributed by atoms with Gasteiger partial charge in [0.15, 0.2) is 0 Å². The molecule has 47 valence electrons. The fourth-order valence-corrected chi connectivity index (χ4v) is 0.319. The molecule has 0 aromatic rings. The SMILES string of the molecule is CCC[CH-]OCC.[Y]. The van der Waals surface area contributed by atoms with Gasteiger partial charge in [-0.15, -0.1) is 0 Å². The van der Waals surface area contributed by atoms with Gasteiger partial charge in [-0.3, -0.25) is 0 Å². The molecule has 0 aromatic heterocycles. The average molecular weight is 190 g/mol. The van der Waals surface area contributed by atoms with E-state index >= 15 is 0 Å². The number of ether oxygens (including phenoxy) is 1. The van der Waals surface area contributed by atoms with Crippen molar-refractivity contribution in [3.63, 3.8) is 0 Å². The molecule has 0 aliphatic heterocycles. The molecule has 0 heterocycles. The maximum Gasteiger partial charge on any atom is 0.00826 e. The van der Waals surface area contributed by atoms with Crippen LogP contribution in [0.15, 0.2) is 0 Å². The molecule has 0 rings (SSSR count). The van der Waals surface area contributed by atoms with Gasteiger partial charge in [-0.25, -0.2) is 6.61 Å². The van der Waals surface area contributed by atoms with E-state index in [0.29, 0.717) is 0 Å². The standard InChI is InChI=1S/C6H13O.Y/c1-3-5-6-7-4-2;/h6H,3-5H2,1-2H3;/q-1;. The summed E-state index contributed by atoms with van der Waals surface area (Å²) in [4.78, 5) is 0. The van der Waals surface area contributed by atoms with Crippen LogP contribution in [0.3, 0.4) is 0 Å². The average Bonchev–Trinajstić information content (AvgIpc) is 1.69. The Morgan fingerprint density at radius 1 is 1.38 bits per heavy atom. The largest absolute Gasteiger partial charge is 0.552 e. The van der Waals surface area contributed by atoms with Gasteiger partial charge < -0.3 is 4.74 Å². The van der Waals surface area contributed by atoms with E-state index in [1.807, 2.05) is 13.5 Å². The van der Waals surface area contributed by atoms with E-state index in [2.05, 4.69) is 6.92 Å². The van der Waals surface area contributed by atoms with Crippen molar-refractivity contribution in [2.75, 3.05) is 6.61 Å². The molecule has 0 saturated carbocycles. The van der Waals surface area contributed by atoms with Gasteiger partial charge in [-0.1, -0.05) is 13.3 Å². The third-order valence-corrected chi connectivity index (χ3v) is 0.691. The molecule has 0 bridgehead atoms. The topological polar surface area (TPSA) is 9.23 Å². The first-order valence-corrected chi connectivity index (χ1v) is 2.85. The fraction of sp³-hybridized carbons (Fsp3) is 0.833. The molecular weight excluding hydrogens is 177 g/mol. The minimum Gasteiger partial charge on any atom is -0.552 e. The summed E-state index contributed by atoms with van der Waals surface area (Å²) in [5.41, 5.74) is 0. The van der Waals surface area contributed by atoms with Gasteiger partial charge in [0.2, 0.25) is 0 Å². The molecule has 8 heavy (non-hydrogen) atoms. The third kappa shape index (κ3) is 10.1. The van der Waals surface area contributed by atoms with Crippen molar-refractivity contribution in [1.29, 1.82) is 0 Å². The van der Waals surface area contributed by atoms with Crippen LogP contribution in [0, 0.1) is 6.61 Å². The summed E-state index contributed by atoms with van der Waals surface area (Å²) in [5, 5.41) is 0. The van der Waals surface area contributed by atoms with Gasteiger partial charge in [0.25, 0.3) is 0 Å². The van der Waals surface area contributed by atoms with Crippen LogP contribution < -0.4 is 0 Å². The molecule has 0 aliphatic rings. The summed E-state index contributed by atoms with van der Waals surface area (Å²) in [6, 6.07) is 0. The number of rotatable bonds is 4. The van der Waals surface area contributed by atoms with Crippen molar-refractivity contribution in [3.05, 3.63) is 6.61 Å². The van der Waals surface area contributed by atoms with Crippen LogP contribution in [0.1, 0.15) is 26.7 Å². The van der Waals surface area contributed by atoms with Crippen molar-refractivity contribution < 1.29 is 37.4 Å². The third-order valence-electron chi connectivity index (χ3n) is 0.691. The molecule has 0 aromatic carbocycles. The first-order valence-electron chi connectivity index (χ1n) is 2.85. The van der Waals surface area contributed by atoms with Crippen LogP contribution in [0.2, 0.25) is 0 Å². The van der Waals surface area contributed by atoms with E-state index in [4.69, 9.17) is 4.74 Å². The minimum absolute atomic E-state index is 0. The molecule has 0 aliphatic carbocycles. The van der Waals surface area contributed by atoms with Crippen molar-refractivity contribution in [2.24, 2.45) is 0 Å². The normalized spacial score (nSPS) is 8.25. The second-order valence-corrected chi connectivity index (χ2v) is 1.41. The Hall–Kier alpha value is 1.06. The van der Waals surface area contributed by atoms with Gasteiger partial charge in [0, 0.05) is 39.3 Å². The summed E-state index contributed by atoms with van der Waals surface area (Å²) < 4.78 is 4.95. The molecule has 1 nitrogen and oxygen atoms in total. The van der Waals surface area contributed by atoms with Crippen LogP contribution in [0.5, 0.6) is 0 Å². The summed E-state index contributed by atoms with van der Waals surface area (Å²) in [6.07, 6.45) is 2.26. The summed E-state index contributed by atoms with van der Waals surface area (Å²) >= 11 is 0. The van der Waals surface area contributed by atoms with Crippen molar-refractivity contribution in [1.82, 2.24) is 0 Å². The predicted octanol–water partition coefficient (Wildman–Crippen LogP) is 1.98. The molecule has 0 N–H and O–H groups in total. The van der Waals surface area contributed by atoms with Gasteiger partial charge in [0.1, 0.15) is 0 Å². The summed E-state index contributed by atoms with van der Waals surface area (Å²) in [5.74, 6) is 0. The molecule has 0 atom stereocenters. The van der Waals surface area contributed by atoms with Crippen LogP contribution >= 0.6 is 0 Å². The number of unbranched alkanes of at least 4 members (excludes halogenated alkanes) is 1. The molecule has 0 spiro atoms. The maximum atomic E-state index is 4.95. The minimum atomic E-state index is 0. The Balaban J connectivity index is 0. The zero-order valence-electron chi connectivity index (χ0n) is 5.68. The summed E-state index contributed by atoms with van der Waals surface area (Å²) in [7, 11) is 0. The van der Waals surface area contributed by atoms with Gasteiger partial charge in [-0.2, -0.15) is 6.42 Å². The van der Waals surface area contributed by atoms with Crippen molar-refractivity contribution in [2.45, 2.75) is 26.7 Å². The Morgan fingerprint density at radius 2 is 2.00 bits per heavy atom. The van der Waals surface area contributed by atoms with Crippen LogP contribution in [0.25, 0.3) is 0 Å². The second-order valence-electron chi connectivity index (χ2n) is 1.41. The van der Waals surface area contributed by atoms with Crippen LogP contribution in [0.4, 0.5) is 0 Å². The van der Waals surface area contributed by atoms with E-state index < -0.39 is 0 Å². The van der Waals surface area contributed by atoms with E-state index in [0.717, 1.165) is 13.0 Å². The number of hydrogen-bond donors (Lipinski definition) is 0. The molecule has 0 fully saturated rings. The maximum absolute atomic E-state index is 4.95. The fourth-order valence-electron chi connectivity index (χ4n) is 0.319. The van der Waals surface area contributed by atoms with Gasteiger partial charge in [0.05, 0.1) is 0 Å². The first kappa shape index (κ1) is 11.8. The Labute approximate surface area is 77.1 Å². The van der Waals surface area contributed by atoms with E-state index in [1.54, 1.807) is 0 Å². The molecule has 0 amide bonds. The van der Waals surface area contributed by atoms with Gasteiger partial charge in [-0.05, 0) is 6.92 Å². The molecule has 1 radical (unpaired) electrons. The Bertz CT molecular complexity index is 27.7. The quantitative estimate of drug-likeness (QED) is 0.486. The molecule has 0 saturated heterocycles. The van der Waals surface area contributed by atoms with E-state index in [-0.39, 0.29) is 32.7 Å². The zero-order valence-corrected chi connectivity index (χ0v) is 8.52. The van der Waals surface area contributed by atoms with Gasteiger partial charge >= 0.3 is 0 Å². The zero-order chi connectivity index (χ0) is 5.54. The number of hydrogen-bond acceptors (Lipinski definition) is 1. The molecular formula is C6H13OY-. The first-order chi connectivity index (χ1) is 3.41. The van der Waals surface area contributed by atoms with Crippen LogP contribution in [-0.2, 0) is 37.4 Å². The Morgan fingerprint density at radius 3 is 2.38 bits per heavy atom. The smallest absolute Gasteiger partial charge is 0.00826 e. The van der Waals surface area contributed by atoms with Crippen molar-refractivity contribution >= 4 is 0 Å². The monoisotopic (exact) mass is 190 g/mol. The van der Waals surface area contributed by atoms with E-state index in [1.165, 1.54) is 6.42 Å². The van der Waals surface area contributed by atoms with Crippen molar-refractivity contribution in [3.8, 4) is 0 Å². The Kier molecular flexibility index (Phi) is 16.2. The predicted molar refractivity (Wildman–Crippen MR) is 30.8 cm³/mol. The van der Waals surface area contributed by atoms with Crippen LogP contribution in [-0.4, -0.2) is 6.61 Å². The van der Waals surface area contributed by atoms with E-state index in [9.17, 15) is 0 Å².